The number of hydrogen-bond donors (Lipinski definition) is 0. The predicted molar refractivity (Wildman–Crippen MR) is 76.6 cm³/mol. The van der Waals surface area contributed by atoms with Crippen LogP contribution in [-0.4, -0.2) is 0 Å². The highest BCUT2D eigenvalue weighted by molar-refractivity contribution is 7.59. The molecule has 16 heavy (non-hydrogen) atoms. The SMILES string of the molecule is CCC1CCC(c2ccc(C)cc2)CC1.S. The lowest BCUT2D eigenvalue weighted by Crippen LogP contribution is -2.12. The number of benzene rings is 1. The molecule has 1 aromatic carbocycles. The topological polar surface area (TPSA) is 0 Å². The van der Waals surface area contributed by atoms with Crippen molar-refractivity contribution in [3.8, 4) is 0 Å². The normalized spacial score (nSPS) is 24.9. The van der Waals surface area contributed by atoms with Gasteiger partial charge in [-0.15, -0.1) is 0 Å². The largest absolute Gasteiger partial charge is 0.197 e. The monoisotopic (exact) mass is 236 g/mol. The Bertz CT molecular complexity index is 294. The van der Waals surface area contributed by atoms with Crippen molar-refractivity contribution in [1.29, 1.82) is 0 Å². The molecule has 1 aliphatic rings. The summed E-state index contributed by atoms with van der Waals surface area (Å²) in [6.45, 7) is 4.49. The van der Waals surface area contributed by atoms with Crippen molar-refractivity contribution in [2.75, 3.05) is 0 Å². The Balaban J connectivity index is 0.00000128. The van der Waals surface area contributed by atoms with Gasteiger partial charge in [0, 0.05) is 0 Å². The molecule has 1 aliphatic carbocycles. The van der Waals surface area contributed by atoms with Crippen molar-refractivity contribution in [2.45, 2.75) is 51.9 Å². The summed E-state index contributed by atoms with van der Waals surface area (Å²) < 4.78 is 0. The molecular formula is C15H24S. The van der Waals surface area contributed by atoms with E-state index in [2.05, 4.69) is 38.1 Å². The molecule has 0 bridgehead atoms. The molecule has 0 aliphatic heterocycles. The zero-order chi connectivity index (χ0) is 10.7. The van der Waals surface area contributed by atoms with Gasteiger partial charge in [0.25, 0.3) is 0 Å². The van der Waals surface area contributed by atoms with Crippen LogP contribution in [0, 0.1) is 12.8 Å². The molecule has 0 amide bonds. The minimum absolute atomic E-state index is 0. The van der Waals surface area contributed by atoms with E-state index in [9.17, 15) is 0 Å². The molecule has 1 heteroatoms. The van der Waals surface area contributed by atoms with E-state index in [4.69, 9.17) is 0 Å². The van der Waals surface area contributed by atoms with Crippen molar-refractivity contribution in [3.05, 3.63) is 35.4 Å². The molecule has 0 atom stereocenters. The Morgan fingerprint density at radius 1 is 1.00 bits per heavy atom. The van der Waals surface area contributed by atoms with Crippen molar-refractivity contribution in [2.24, 2.45) is 5.92 Å². The smallest absolute Gasteiger partial charge is 0.0162 e. The van der Waals surface area contributed by atoms with Crippen molar-refractivity contribution in [1.82, 2.24) is 0 Å². The Labute approximate surface area is 107 Å². The van der Waals surface area contributed by atoms with E-state index >= 15 is 0 Å². The van der Waals surface area contributed by atoms with Crippen LogP contribution in [0.25, 0.3) is 0 Å². The molecule has 1 fully saturated rings. The molecule has 0 aromatic heterocycles. The summed E-state index contributed by atoms with van der Waals surface area (Å²) in [4.78, 5) is 0. The van der Waals surface area contributed by atoms with Crippen molar-refractivity contribution in [3.63, 3.8) is 0 Å². The third kappa shape index (κ3) is 3.28. The fourth-order valence-corrected chi connectivity index (χ4v) is 2.74. The van der Waals surface area contributed by atoms with Gasteiger partial charge < -0.3 is 0 Å². The van der Waals surface area contributed by atoms with Crippen LogP contribution in [0.3, 0.4) is 0 Å². The van der Waals surface area contributed by atoms with Gasteiger partial charge >= 0.3 is 0 Å². The van der Waals surface area contributed by atoms with Gasteiger partial charge in [0.1, 0.15) is 0 Å². The molecule has 0 N–H and O–H groups in total. The first-order chi connectivity index (χ1) is 7.29. The summed E-state index contributed by atoms with van der Waals surface area (Å²) >= 11 is 0. The van der Waals surface area contributed by atoms with Crippen LogP contribution in [0.4, 0.5) is 0 Å². The lowest BCUT2D eigenvalue weighted by atomic mass is 9.78. The zero-order valence-corrected chi connectivity index (χ0v) is 11.5. The average molecular weight is 236 g/mol. The Kier molecular flexibility index (Phi) is 5.40. The Morgan fingerprint density at radius 2 is 1.56 bits per heavy atom. The summed E-state index contributed by atoms with van der Waals surface area (Å²) in [5.74, 6) is 1.85. The molecule has 90 valence electrons. The fourth-order valence-electron chi connectivity index (χ4n) is 2.74. The van der Waals surface area contributed by atoms with Gasteiger partial charge in [-0.05, 0) is 50.0 Å². The van der Waals surface area contributed by atoms with Gasteiger partial charge in [0.15, 0.2) is 0 Å². The van der Waals surface area contributed by atoms with E-state index in [1.54, 1.807) is 5.56 Å². The summed E-state index contributed by atoms with van der Waals surface area (Å²) in [5.41, 5.74) is 2.94. The summed E-state index contributed by atoms with van der Waals surface area (Å²) in [5, 5.41) is 0. The third-order valence-corrected chi connectivity index (χ3v) is 3.97. The maximum atomic E-state index is 2.33. The predicted octanol–water partition coefficient (Wildman–Crippen LogP) is 4.79. The van der Waals surface area contributed by atoms with Gasteiger partial charge in [0.05, 0.1) is 0 Å². The Morgan fingerprint density at radius 3 is 2.06 bits per heavy atom. The number of aryl methyl sites for hydroxylation is 1. The van der Waals surface area contributed by atoms with E-state index in [-0.39, 0.29) is 13.5 Å². The van der Waals surface area contributed by atoms with Gasteiger partial charge in [0.2, 0.25) is 0 Å². The fraction of sp³-hybridized carbons (Fsp3) is 0.600. The minimum atomic E-state index is 0. The van der Waals surface area contributed by atoms with Crippen LogP contribution < -0.4 is 0 Å². The minimum Gasteiger partial charge on any atom is -0.197 e. The molecule has 2 rings (SSSR count). The Hall–Kier alpha value is -0.430. The second-order valence-electron chi connectivity index (χ2n) is 5.04. The molecule has 0 spiro atoms. The van der Waals surface area contributed by atoms with Crippen molar-refractivity contribution >= 4 is 13.5 Å². The van der Waals surface area contributed by atoms with Gasteiger partial charge in [-0.3, -0.25) is 0 Å². The zero-order valence-electron chi connectivity index (χ0n) is 10.5. The molecule has 0 saturated heterocycles. The standard InChI is InChI=1S/C15H22.H2S/c1-3-13-6-10-15(11-7-13)14-8-4-12(2)5-9-14;/h4-5,8-9,13,15H,3,6-7,10-11H2,1-2H3;1H2. The molecule has 0 heterocycles. The van der Waals surface area contributed by atoms with Crippen molar-refractivity contribution < 1.29 is 0 Å². The molecule has 1 saturated carbocycles. The first-order valence-corrected chi connectivity index (χ1v) is 6.36. The maximum Gasteiger partial charge on any atom is -0.0162 e. The molecular weight excluding hydrogens is 212 g/mol. The van der Waals surface area contributed by atoms with Crippen LogP contribution in [0.1, 0.15) is 56.1 Å². The summed E-state index contributed by atoms with van der Waals surface area (Å²) in [6.07, 6.45) is 7.06. The van der Waals surface area contributed by atoms with Crippen LogP contribution in [0.2, 0.25) is 0 Å². The molecule has 0 unspecified atom stereocenters. The highest BCUT2D eigenvalue weighted by Crippen LogP contribution is 2.36. The molecule has 1 aromatic rings. The first kappa shape index (κ1) is 13.6. The van der Waals surface area contributed by atoms with E-state index in [1.165, 1.54) is 37.7 Å². The summed E-state index contributed by atoms with van der Waals surface area (Å²) in [6, 6.07) is 9.15. The van der Waals surface area contributed by atoms with E-state index < -0.39 is 0 Å². The van der Waals surface area contributed by atoms with Gasteiger partial charge in [-0.1, -0.05) is 43.2 Å². The van der Waals surface area contributed by atoms with Crippen LogP contribution >= 0.6 is 13.5 Å². The highest BCUT2D eigenvalue weighted by Gasteiger charge is 2.20. The lowest BCUT2D eigenvalue weighted by molar-refractivity contribution is 0.319. The highest BCUT2D eigenvalue weighted by atomic mass is 32.1. The third-order valence-electron chi connectivity index (χ3n) is 3.97. The second kappa shape index (κ2) is 6.34. The quantitative estimate of drug-likeness (QED) is 0.692. The van der Waals surface area contributed by atoms with Crippen LogP contribution in [0.15, 0.2) is 24.3 Å². The number of rotatable bonds is 2. The van der Waals surface area contributed by atoms with Gasteiger partial charge in [-0.25, -0.2) is 0 Å². The number of hydrogen-bond acceptors (Lipinski definition) is 0. The lowest BCUT2D eigenvalue weighted by Gasteiger charge is -2.28. The van der Waals surface area contributed by atoms with E-state index in [1.807, 2.05) is 0 Å². The summed E-state index contributed by atoms with van der Waals surface area (Å²) in [7, 11) is 0. The average Bonchev–Trinajstić information content (AvgIpc) is 2.30. The first-order valence-electron chi connectivity index (χ1n) is 6.36. The van der Waals surface area contributed by atoms with E-state index in [0.717, 1.165) is 11.8 Å². The molecule has 0 radical (unpaired) electrons. The maximum absolute atomic E-state index is 2.33. The van der Waals surface area contributed by atoms with Crippen LogP contribution in [0.5, 0.6) is 0 Å². The second-order valence-corrected chi connectivity index (χ2v) is 5.04. The van der Waals surface area contributed by atoms with Gasteiger partial charge in [-0.2, -0.15) is 13.5 Å². The van der Waals surface area contributed by atoms with E-state index in [0.29, 0.717) is 0 Å². The molecule has 0 nitrogen and oxygen atoms in total. The van der Waals surface area contributed by atoms with Crippen LogP contribution in [-0.2, 0) is 0 Å².